The maximum atomic E-state index is 13.3. The lowest BCUT2D eigenvalue weighted by atomic mass is 10.1. The minimum Gasteiger partial charge on any atom is -0.497 e. The van der Waals surface area contributed by atoms with Gasteiger partial charge in [-0.15, -0.1) is 0 Å². The first kappa shape index (κ1) is 29.7. The molecule has 0 spiro atoms. The zero-order valence-corrected chi connectivity index (χ0v) is 23.3. The Kier molecular flexibility index (Phi) is 11.3. The summed E-state index contributed by atoms with van der Waals surface area (Å²) in [5.41, 5.74) is 1.06. The minimum atomic E-state index is -3.68. The molecule has 0 radical (unpaired) electrons. The van der Waals surface area contributed by atoms with Crippen molar-refractivity contribution in [3.63, 3.8) is 0 Å². The van der Waals surface area contributed by atoms with Crippen LogP contribution in [0, 0.1) is 0 Å². The zero-order valence-electron chi connectivity index (χ0n) is 21.0. The molecule has 0 bridgehead atoms. The summed E-state index contributed by atoms with van der Waals surface area (Å²) >= 11 is 12.3. The first-order valence-corrected chi connectivity index (χ1v) is 14.2. The van der Waals surface area contributed by atoms with Gasteiger partial charge < -0.3 is 15.0 Å². The standard InChI is InChI=1S/C25H33Cl2N3O5S/c1-5-13-28-25(32)18(2)29(17-19-8-6-9-21(15-19)35-3)24(31)10-7-14-30(36(4,33)34)23-16-20(26)11-12-22(23)27/h6,8-9,11-12,15-16,18H,5,7,10,13-14,17H2,1-4H3,(H,28,32)/t18-/m0/s1. The lowest BCUT2D eigenvalue weighted by Gasteiger charge is -2.29. The second kappa shape index (κ2) is 13.7. The quantitative estimate of drug-likeness (QED) is 0.391. The summed E-state index contributed by atoms with van der Waals surface area (Å²) in [5.74, 6) is 0.115. The summed E-state index contributed by atoms with van der Waals surface area (Å²) in [6.07, 6.45) is 2.09. The van der Waals surface area contributed by atoms with Gasteiger partial charge in [0.05, 0.1) is 24.1 Å². The highest BCUT2D eigenvalue weighted by Crippen LogP contribution is 2.31. The fourth-order valence-corrected chi connectivity index (χ4v) is 5.01. The first-order valence-electron chi connectivity index (χ1n) is 11.6. The molecule has 8 nitrogen and oxygen atoms in total. The van der Waals surface area contributed by atoms with Gasteiger partial charge in [0, 0.05) is 31.1 Å². The van der Waals surface area contributed by atoms with E-state index in [2.05, 4.69) is 5.32 Å². The summed E-state index contributed by atoms with van der Waals surface area (Å²) in [4.78, 5) is 27.5. The van der Waals surface area contributed by atoms with Crippen molar-refractivity contribution >= 4 is 50.7 Å². The summed E-state index contributed by atoms with van der Waals surface area (Å²) in [6, 6.07) is 11.1. The van der Waals surface area contributed by atoms with Crippen molar-refractivity contribution in [2.45, 2.75) is 45.7 Å². The van der Waals surface area contributed by atoms with Crippen LogP contribution in [0.3, 0.4) is 0 Å². The molecular formula is C25H33Cl2N3O5S. The van der Waals surface area contributed by atoms with Gasteiger partial charge in [0.15, 0.2) is 0 Å². The zero-order chi connectivity index (χ0) is 26.9. The van der Waals surface area contributed by atoms with Crippen molar-refractivity contribution in [1.82, 2.24) is 10.2 Å². The predicted octanol–water partition coefficient (Wildman–Crippen LogP) is 4.49. The molecule has 1 atom stereocenters. The van der Waals surface area contributed by atoms with Gasteiger partial charge in [0.2, 0.25) is 21.8 Å². The Morgan fingerprint density at radius 2 is 1.86 bits per heavy atom. The Morgan fingerprint density at radius 1 is 1.14 bits per heavy atom. The Balaban J connectivity index is 2.21. The monoisotopic (exact) mass is 557 g/mol. The Morgan fingerprint density at radius 3 is 2.50 bits per heavy atom. The highest BCUT2D eigenvalue weighted by Gasteiger charge is 2.27. The average Bonchev–Trinajstić information content (AvgIpc) is 2.84. The Hall–Kier alpha value is -2.49. The number of hydrogen-bond acceptors (Lipinski definition) is 5. The van der Waals surface area contributed by atoms with Crippen LogP contribution in [0.15, 0.2) is 42.5 Å². The van der Waals surface area contributed by atoms with E-state index in [1.54, 1.807) is 26.2 Å². The number of sulfonamides is 1. The van der Waals surface area contributed by atoms with Gasteiger partial charge in [-0.1, -0.05) is 42.3 Å². The van der Waals surface area contributed by atoms with E-state index < -0.39 is 16.1 Å². The molecule has 0 unspecified atom stereocenters. The van der Waals surface area contributed by atoms with Gasteiger partial charge in [-0.05, 0) is 55.7 Å². The van der Waals surface area contributed by atoms with E-state index in [4.69, 9.17) is 27.9 Å². The van der Waals surface area contributed by atoms with E-state index in [9.17, 15) is 18.0 Å². The molecule has 2 amide bonds. The van der Waals surface area contributed by atoms with Gasteiger partial charge in [-0.2, -0.15) is 0 Å². The van der Waals surface area contributed by atoms with Crippen LogP contribution < -0.4 is 14.4 Å². The molecule has 0 aliphatic heterocycles. The van der Waals surface area contributed by atoms with Gasteiger partial charge in [-0.25, -0.2) is 8.42 Å². The number of halogens is 2. The molecule has 0 saturated heterocycles. The lowest BCUT2D eigenvalue weighted by Crippen LogP contribution is -2.47. The first-order chi connectivity index (χ1) is 17.0. The third-order valence-corrected chi connectivity index (χ3v) is 7.27. The molecule has 2 rings (SSSR count). The molecule has 0 aliphatic rings. The van der Waals surface area contributed by atoms with E-state index in [0.717, 1.165) is 22.5 Å². The minimum absolute atomic E-state index is 0.0219. The van der Waals surface area contributed by atoms with E-state index >= 15 is 0 Å². The average molecular weight is 559 g/mol. The van der Waals surface area contributed by atoms with Crippen LogP contribution >= 0.6 is 23.2 Å². The largest absolute Gasteiger partial charge is 0.497 e. The van der Waals surface area contributed by atoms with Crippen molar-refractivity contribution in [2.24, 2.45) is 0 Å². The third-order valence-electron chi connectivity index (χ3n) is 5.53. The van der Waals surface area contributed by atoms with Crippen molar-refractivity contribution < 1.29 is 22.7 Å². The van der Waals surface area contributed by atoms with Crippen LogP contribution in [0.5, 0.6) is 5.75 Å². The summed E-state index contributed by atoms with van der Waals surface area (Å²) in [7, 11) is -2.13. The summed E-state index contributed by atoms with van der Waals surface area (Å²) in [6.45, 7) is 4.36. The molecular weight excluding hydrogens is 525 g/mol. The van der Waals surface area contributed by atoms with Gasteiger partial charge in [0.25, 0.3) is 0 Å². The highest BCUT2D eigenvalue weighted by atomic mass is 35.5. The SMILES string of the molecule is CCCNC(=O)[C@H](C)N(Cc1cccc(OC)c1)C(=O)CCCN(c1cc(Cl)ccc1Cl)S(C)(=O)=O. The van der Waals surface area contributed by atoms with Crippen molar-refractivity contribution in [3.05, 3.63) is 58.1 Å². The fourth-order valence-electron chi connectivity index (χ4n) is 3.61. The van der Waals surface area contributed by atoms with Crippen LogP contribution in [0.4, 0.5) is 5.69 Å². The van der Waals surface area contributed by atoms with E-state index in [-0.39, 0.29) is 48.5 Å². The number of methoxy groups -OCH3 is 1. The van der Waals surface area contributed by atoms with Gasteiger partial charge >= 0.3 is 0 Å². The number of anilines is 1. The smallest absolute Gasteiger partial charge is 0.242 e. The van der Waals surface area contributed by atoms with Crippen LogP contribution in [0.1, 0.15) is 38.7 Å². The molecule has 36 heavy (non-hydrogen) atoms. The normalized spacial score (nSPS) is 12.1. The molecule has 0 aromatic heterocycles. The summed E-state index contributed by atoms with van der Waals surface area (Å²) < 4.78 is 31.4. The molecule has 2 aromatic carbocycles. The van der Waals surface area contributed by atoms with Crippen LogP contribution in [-0.4, -0.2) is 57.6 Å². The fraction of sp³-hybridized carbons (Fsp3) is 0.440. The second-order valence-electron chi connectivity index (χ2n) is 8.37. The number of amides is 2. The predicted molar refractivity (Wildman–Crippen MR) is 144 cm³/mol. The number of hydrogen-bond donors (Lipinski definition) is 1. The number of nitrogens with zero attached hydrogens (tertiary/aromatic N) is 2. The topological polar surface area (TPSA) is 96.0 Å². The molecule has 0 aliphatic carbocycles. The molecule has 0 saturated carbocycles. The number of carbonyl (C=O) groups excluding carboxylic acids is 2. The molecule has 198 valence electrons. The summed E-state index contributed by atoms with van der Waals surface area (Å²) in [5, 5.41) is 3.41. The van der Waals surface area contributed by atoms with E-state index in [1.165, 1.54) is 17.0 Å². The van der Waals surface area contributed by atoms with Crippen LogP contribution in [-0.2, 0) is 26.2 Å². The van der Waals surface area contributed by atoms with Crippen molar-refractivity contribution in [3.8, 4) is 5.75 Å². The van der Waals surface area contributed by atoms with Gasteiger partial charge in [-0.3, -0.25) is 13.9 Å². The number of nitrogens with one attached hydrogen (secondary N) is 1. The maximum Gasteiger partial charge on any atom is 0.242 e. The van der Waals surface area contributed by atoms with Crippen molar-refractivity contribution in [1.29, 1.82) is 0 Å². The number of carbonyl (C=O) groups is 2. The third kappa shape index (κ3) is 8.57. The lowest BCUT2D eigenvalue weighted by molar-refractivity contribution is -0.140. The van der Waals surface area contributed by atoms with Crippen LogP contribution in [0.25, 0.3) is 0 Å². The molecule has 1 N–H and O–H groups in total. The molecule has 2 aromatic rings. The Bertz CT molecular complexity index is 1160. The second-order valence-corrected chi connectivity index (χ2v) is 11.1. The maximum absolute atomic E-state index is 13.3. The molecule has 11 heteroatoms. The highest BCUT2D eigenvalue weighted by molar-refractivity contribution is 7.92. The van der Waals surface area contributed by atoms with Gasteiger partial charge in [0.1, 0.15) is 11.8 Å². The number of benzene rings is 2. The van der Waals surface area contributed by atoms with E-state index in [1.807, 2.05) is 25.1 Å². The molecule has 0 heterocycles. The molecule has 0 fully saturated rings. The number of rotatable bonds is 13. The number of ether oxygens (including phenoxy) is 1. The Labute approximate surface area is 223 Å². The van der Waals surface area contributed by atoms with Crippen LogP contribution in [0.2, 0.25) is 10.0 Å². The van der Waals surface area contributed by atoms with Crippen molar-refractivity contribution in [2.75, 3.05) is 30.8 Å². The van der Waals surface area contributed by atoms with E-state index in [0.29, 0.717) is 17.3 Å².